The number of carbonyl (C=O) groups is 2. The summed E-state index contributed by atoms with van der Waals surface area (Å²) in [5.41, 5.74) is 6.19. The summed E-state index contributed by atoms with van der Waals surface area (Å²) in [6.07, 6.45) is 3.66. The highest BCUT2D eigenvalue weighted by Gasteiger charge is 2.18. The molecule has 192 valence electrons. The van der Waals surface area contributed by atoms with Crippen molar-refractivity contribution in [2.24, 2.45) is 0 Å². The first-order valence-electron chi connectivity index (χ1n) is 11.9. The van der Waals surface area contributed by atoms with Gasteiger partial charge in [0.15, 0.2) is 0 Å². The number of amides is 2. The van der Waals surface area contributed by atoms with Gasteiger partial charge in [-0.1, -0.05) is 29.8 Å². The second-order valence-corrected chi connectivity index (χ2v) is 9.43. The summed E-state index contributed by atoms with van der Waals surface area (Å²) in [6.45, 7) is 10.8. The highest BCUT2D eigenvalue weighted by Crippen LogP contribution is 2.26. The standard InChI is InChI=1S/C28H38N6O2/c1-18(2)32-27-25(14-29)24(28(36)30-15-20(4)19(3)12-21(5)31-17-35)13-26(33-27)23-10-8-22(9-11-23)16-34(6)7/h8-14,17-18,29H,15-16H2,1-7H3,(H,30,36)(H,31,35)(H,32,33)/b20-19+,21-12-,29-14?. The molecule has 0 unspecified atom stereocenters. The average molecular weight is 491 g/mol. The molecule has 2 amide bonds. The Hall–Kier alpha value is -3.78. The van der Waals surface area contributed by atoms with Crippen molar-refractivity contribution in [1.82, 2.24) is 20.5 Å². The molecule has 8 nitrogen and oxygen atoms in total. The zero-order valence-corrected chi connectivity index (χ0v) is 22.3. The average Bonchev–Trinajstić information content (AvgIpc) is 2.81. The fourth-order valence-corrected chi connectivity index (χ4v) is 3.60. The number of hydrogen-bond donors (Lipinski definition) is 4. The van der Waals surface area contributed by atoms with E-state index in [1.807, 2.05) is 60.0 Å². The van der Waals surface area contributed by atoms with E-state index in [0.717, 1.165) is 29.0 Å². The van der Waals surface area contributed by atoms with Gasteiger partial charge in [0.1, 0.15) is 5.82 Å². The number of aromatic nitrogens is 1. The van der Waals surface area contributed by atoms with Crippen molar-refractivity contribution >= 4 is 24.3 Å². The number of carbonyl (C=O) groups excluding carboxylic acids is 2. The predicted molar refractivity (Wildman–Crippen MR) is 147 cm³/mol. The lowest BCUT2D eigenvalue weighted by atomic mass is 10.0. The van der Waals surface area contributed by atoms with Gasteiger partial charge in [0.05, 0.1) is 11.3 Å². The van der Waals surface area contributed by atoms with Crippen molar-refractivity contribution in [3.05, 3.63) is 69.9 Å². The summed E-state index contributed by atoms with van der Waals surface area (Å²) in [6, 6.07) is 9.94. The van der Waals surface area contributed by atoms with Crippen molar-refractivity contribution in [2.75, 3.05) is 26.0 Å². The Morgan fingerprint density at radius 1 is 1.14 bits per heavy atom. The molecule has 1 heterocycles. The minimum atomic E-state index is -0.285. The quantitative estimate of drug-likeness (QED) is 0.201. The van der Waals surface area contributed by atoms with Crippen LogP contribution in [0, 0.1) is 5.41 Å². The van der Waals surface area contributed by atoms with Gasteiger partial charge in [0.2, 0.25) is 6.41 Å². The number of pyridine rings is 1. The fourth-order valence-electron chi connectivity index (χ4n) is 3.60. The summed E-state index contributed by atoms with van der Waals surface area (Å²) in [7, 11) is 4.05. The van der Waals surface area contributed by atoms with Crippen LogP contribution in [0.4, 0.5) is 5.82 Å². The number of hydrogen-bond acceptors (Lipinski definition) is 6. The van der Waals surface area contributed by atoms with Crippen molar-refractivity contribution in [3.8, 4) is 11.3 Å². The Morgan fingerprint density at radius 2 is 1.81 bits per heavy atom. The van der Waals surface area contributed by atoms with E-state index in [4.69, 9.17) is 10.4 Å². The number of nitrogens with one attached hydrogen (secondary N) is 4. The Morgan fingerprint density at radius 3 is 2.36 bits per heavy atom. The maximum Gasteiger partial charge on any atom is 0.252 e. The van der Waals surface area contributed by atoms with Crippen LogP contribution in [0.2, 0.25) is 0 Å². The van der Waals surface area contributed by atoms with Crippen LogP contribution in [0.15, 0.2) is 53.3 Å². The van der Waals surface area contributed by atoms with Gasteiger partial charge in [-0.15, -0.1) is 0 Å². The summed E-state index contributed by atoms with van der Waals surface area (Å²) in [5.74, 6) is 0.217. The molecule has 0 atom stereocenters. The van der Waals surface area contributed by atoms with Crippen LogP contribution in [0.25, 0.3) is 11.3 Å². The smallest absolute Gasteiger partial charge is 0.252 e. The second-order valence-electron chi connectivity index (χ2n) is 9.43. The summed E-state index contributed by atoms with van der Waals surface area (Å²) in [4.78, 5) is 30.8. The van der Waals surface area contributed by atoms with Crippen LogP contribution in [-0.2, 0) is 11.3 Å². The van der Waals surface area contributed by atoms with Crippen LogP contribution in [0.5, 0.6) is 0 Å². The number of benzene rings is 1. The van der Waals surface area contributed by atoms with E-state index in [1.54, 1.807) is 13.0 Å². The number of allylic oxidation sites excluding steroid dienone is 3. The first kappa shape index (κ1) is 28.5. The first-order chi connectivity index (χ1) is 17.0. The molecule has 2 rings (SSSR count). The molecule has 0 saturated heterocycles. The monoisotopic (exact) mass is 490 g/mol. The summed E-state index contributed by atoms with van der Waals surface area (Å²) < 4.78 is 0. The predicted octanol–water partition coefficient (Wildman–Crippen LogP) is 4.34. The largest absolute Gasteiger partial charge is 0.367 e. The lowest BCUT2D eigenvalue weighted by molar-refractivity contribution is -0.108. The van der Waals surface area contributed by atoms with Crippen molar-refractivity contribution in [2.45, 2.75) is 47.2 Å². The van der Waals surface area contributed by atoms with Crippen molar-refractivity contribution in [3.63, 3.8) is 0 Å². The highest BCUT2D eigenvalue weighted by atomic mass is 16.1. The normalized spacial score (nSPS) is 12.3. The first-order valence-corrected chi connectivity index (χ1v) is 11.9. The molecule has 0 radical (unpaired) electrons. The van der Waals surface area contributed by atoms with E-state index in [2.05, 4.69) is 33.0 Å². The molecule has 0 aliphatic carbocycles. The van der Waals surface area contributed by atoms with Crippen LogP contribution in [-0.4, -0.2) is 55.1 Å². The van der Waals surface area contributed by atoms with E-state index in [9.17, 15) is 9.59 Å². The molecule has 36 heavy (non-hydrogen) atoms. The van der Waals surface area contributed by atoms with Gasteiger partial charge in [-0.3, -0.25) is 9.59 Å². The minimum Gasteiger partial charge on any atom is -0.367 e. The van der Waals surface area contributed by atoms with Gasteiger partial charge in [0, 0.05) is 42.2 Å². The topological polar surface area (TPSA) is 110 Å². The number of rotatable bonds is 12. The number of nitrogens with zero attached hydrogens (tertiary/aromatic N) is 2. The maximum absolute atomic E-state index is 13.3. The lowest BCUT2D eigenvalue weighted by Gasteiger charge is -2.17. The third-order valence-corrected chi connectivity index (χ3v) is 5.53. The Balaban J connectivity index is 2.42. The highest BCUT2D eigenvalue weighted by molar-refractivity contribution is 6.05. The van der Waals surface area contributed by atoms with E-state index in [1.165, 1.54) is 11.8 Å². The van der Waals surface area contributed by atoms with Gasteiger partial charge >= 0.3 is 0 Å². The van der Waals surface area contributed by atoms with Crippen LogP contribution in [0.3, 0.4) is 0 Å². The lowest BCUT2D eigenvalue weighted by Crippen LogP contribution is -2.27. The fraction of sp³-hybridized carbons (Fsp3) is 0.357. The summed E-state index contributed by atoms with van der Waals surface area (Å²) in [5, 5.41) is 16.9. The van der Waals surface area contributed by atoms with Crippen molar-refractivity contribution < 1.29 is 9.59 Å². The van der Waals surface area contributed by atoms with Crippen LogP contribution >= 0.6 is 0 Å². The second kappa shape index (κ2) is 13.3. The van der Waals surface area contributed by atoms with Gasteiger partial charge < -0.3 is 26.3 Å². The molecule has 8 heteroatoms. The SMILES string of the molecule is C/C(=C/C(C)=C(\C)CNC(=O)c1cc(-c2ccc(CN(C)C)cc2)nc(NC(C)C)c1C=N)NC=O. The van der Waals surface area contributed by atoms with Crippen LogP contribution in [0.1, 0.15) is 56.1 Å². The molecule has 0 aliphatic heterocycles. The Labute approximate surface area is 214 Å². The molecule has 2 aromatic rings. The Kier molecular flexibility index (Phi) is 10.5. The Bertz CT molecular complexity index is 1150. The molecule has 1 aromatic heterocycles. The molecule has 0 aliphatic rings. The minimum absolute atomic E-state index is 0.0765. The molecule has 0 fully saturated rings. The molecule has 0 saturated carbocycles. The molecule has 0 spiro atoms. The molecule has 4 N–H and O–H groups in total. The summed E-state index contributed by atoms with van der Waals surface area (Å²) >= 11 is 0. The molecule has 0 bridgehead atoms. The maximum atomic E-state index is 13.3. The van der Waals surface area contributed by atoms with E-state index < -0.39 is 0 Å². The zero-order valence-electron chi connectivity index (χ0n) is 22.3. The van der Waals surface area contributed by atoms with Crippen molar-refractivity contribution in [1.29, 1.82) is 5.41 Å². The van der Waals surface area contributed by atoms with E-state index >= 15 is 0 Å². The third kappa shape index (κ3) is 8.16. The van der Waals surface area contributed by atoms with Gasteiger partial charge in [0.25, 0.3) is 5.91 Å². The molecular formula is C28H38N6O2. The van der Waals surface area contributed by atoms with E-state index in [0.29, 0.717) is 35.6 Å². The van der Waals surface area contributed by atoms with Crippen LogP contribution < -0.4 is 16.0 Å². The van der Waals surface area contributed by atoms with E-state index in [-0.39, 0.29) is 11.9 Å². The number of anilines is 1. The third-order valence-electron chi connectivity index (χ3n) is 5.53. The van der Waals surface area contributed by atoms with Gasteiger partial charge in [-0.25, -0.2) is 4.98 Å². The molecular weight excluding hydrogens is 452 g/mol. The van der Waals surface area contributed by atoms with Gasteiger partial charge in [-0.05, 0) is 72.0 Å². The van der Waals surface area contributed by atoms with Gasteiger partial charge in [-0.2, -0.15) is 0 Å². The molecule has 1 aromatic carbocycles. The zero-order chi connectivity index (χ0) is 26.8.